The van der Waals surface area contributed by atoms with Crippen LogP contribution in [0.25, 0.3) is 0 Å². The lowest BCUT2D eigenvalue weighted by Crippen LogP contribution is -1.97. The molecule has 0 aromatic carbocycles. The van der Waals surface area contributed by atoms with Crippen molar-refractivity contribution in [3.05, 3.63) is 21.1 Å². The fourth-order valence-corrected chi connectivity index (χ4v) is 1.81. The van der Waals surface area contributed by atoms with Crippen LogP contribution in [-0.4, -0.2) is 41.3 Å². The third-order valence-electron chi connectivity index (χ3n) is 1.70. The Morgan fingerprint density at radius 3 is 1.83 bits per heavy atom. The average molecular weight is 288 g/mol. The number of nitrogens with zero attached hydrogens (tertiary/aromatic N) is 4. The summed E-state index contributed by atoms with van der Waals surface area (Å²) in [5.74, 6) is -1.97. The molecule has 8 nitrogen and oxygen atoms in total. The van der Waals surface area contributed by atoms with Crippen molar-refractivity contribution in [3.8, 4) is 0 Å². The molecule has 0 saturated carbocycles. The van der Waals surface area contributed by atoms with Crippen molar-refractivity contribution < 1.29 is 19.8 Å². The van der Waals surface area contributed by atoms with Gasteiger partial charge in [0.15, 0.2) is 10.6 Å². The zero-order valence-corrected chi connectivity index (χ0v) is 10.9. The first-order valence-electron chi connectivity index (χ1n) is 4.48. The van der Waals surface area contributed by atoms with E-state index in [1.165, 1.54) is 0 Å². The number of hydrogen-bond acceptors (Lipinski definition) is 8. The maximum atomic E-state index is 10.2. The van der Waals surface area contributed by atoms with Crippen LogP contribution in [0.15, 0.2) is 0 Å². The fourth-order valence-electron chi connectivity index (χ4n) is 0.857. The van der Waals surface area contributed by atoms with Crippen LogP contribution < -0.4 is 0 Å². The Hall–Kier alpha value is -1.94. The molecule has 0 spiro atoms. The number of rotatable bonds is 2. The van der Waals surface area contributed by atoms with Crippen molar-refractivity contribution in [2.24, 2.45) is 0 Å². The molecule has 0 aliphatic heterocycles. The van der Waals surface area contributed by atoms with E-state index in [0.717, 1.165) is 23.1 Å². The first-order valence-corrected chi connectivity index (χ1v) is 6.02. The largest absolute Gasteiger partial charge is 0.477 e. The highest BCUT2D eigenvalue weighted by Gasteiger charge is 2.10. The van der Waals surface area contributed by atoms with Crippen LogP contribution in [0.5, 0.6) is 0 Å². The van der Waals surface area contributed by atoms with Crippen molar-refractivity contribution >= 4 is 35.0 Å². The number of aromatic carboxylic acids is 2. The quantitative estimate of drug-likeness (QED) is 0.840. The van der Waals surface area contributed by atoms with Crippen LogP contribution in [0.2, 0.25) is 0 Å². The molecule has 0 amide bonds. The van der Waals surface area contributed by atoms with Gasteiger partial charge in [-0.05, 0) is 36.9 Å². The van der Waals surface area contributed by atoms with Gasteiger partial charge in [0.2, 0.25) is 0 Å². The van der Waals surface area contributed by atoms with Gasteiger partial charge in [-0.3, -0.25) is 0 Å². The Bertz CT molecular complexity index is 515. The van der Waals surface area contributed by atoms with Gasteiger partial charge in [0.1, 0.15) is 0 Å². The number of hydrogen-bond donors (Lipinski definition) is 2. The van der Waals surface area contributed by atoms with Crippen LogP contribution in [-0.2, 0) is 0 Å². The number of carbonyl (C=O) groups is 2. The first-order chi connectivity index (χ1) is 8.43. The molecule has 2 aromatic rings. The van der Waals surface area contributed by atoms with Gasteiger partial charge in [-0.2, -0.15) is 0 Å². The molecule has 0 fully saturated rings. The standard InChI is InChI=1S/2C4H4N2O2S/c1-2-3(4(7)8)5-6-9-2;1-2-3(4(7)8)9-6-5-2/h2*1H3,(H,7,8). The van der Waals surface area contributed by atoms with E-state index < -0.39 is 11.9 Å². The third-order valence-corrected chi connectivity index (χ3v) is 3.15. The van der Waals surface area contributed by atoms with Crippen LogP contribution in [0.3, 0.4) is 0 Å². The van der Waals surface area contributed by atoms with Crippen molar-refractivity contribution in [2.45, 2.75) is 13.8 Å². The van der Waals surface area contributed by atoms with Crippen LogP contribution in [0.1, 0.15) is 30.7 Å². The summed E-state index contributed by atoms with van der Waals surface area (Å²) in [5, 5.41) is 23.7. The van der Waals surface area contributed by atoms with Crippen LogP contribution in [0, 0.1) is 13.8 Å². The van der Waals surface area contributed by atoms with Crippen molar-refractivity contribution in [1.82, 2.24) is 19.2 Å². The fraction of sp³-hybridized carbons (Fsp3) is 0.250. The zero-order valence-electron chi connectivity index (χ0n) is 9.32. The third kappa shape index (κ3) is 3.53. The maximum absolute atomic E-state index is 10.2. The highest BCUT2D eigenvalue weighted by molar-refractivity contribution is 7.07. The summed E-state index contributed by atoms with van der Waals surface area (Å²) >= 11 is 1.99. The summed E-state index contributed by atoms with van der Waals surface area (Å²) in [7, 11) is 0. The Balaban J connectivity index is 0.000000180. The normalized spacial score (nSPS) is 9.44. The number of carboxylic acids is 2. The molecule has 2 heterocycles. The van der Waals surface area contributed by atoms with Gasteiger partial charge in [-0.25, -0.2) is 9.59 Å². The first kappa shape index (κ1) is 14.1. The summed E-state index contributed by atoms with van der Waals surface area (Å²) in [6.07, 6.45) is 0. The molecule has 0 aliphatic carbocycles. The van der Waals surface area contributed by atoms with E-state index >= 15 is 0 Å². The van der Waals surface area contributed by atoms with Crippen molar-refractivity contribution in [3.63, 3.8) is 0 Å². The predicted molar refractivity (Wildman–Crippen MR) is 63.2 cm³/mol. The lowest BCUT2D eigenvalue weighted by molar-refractivity contribution is 0.0683. The summed E-state index contributed by atoms with van der Waals surface area (Å²) in [6, 6.07) is 0. The Kier molecular flexibility index (Phi) is 4.80. The van der Waals surface area contributed by atoms with Crippen molar-refractivity contribution in [1.29, 1.82) is 0 Å². The zero-order chi connectivity index (χ0) is 13.7. The van der Waals surface area contributed by atoms with E-state index in [0.29, 0.717) is 10.6 Å². The number of carboxylic acid groups (broad SMARTS) is 2. The Morgan fingerprint density at radius 2 is 1.61 bits per heavy atom. The lowest BCUT2D eigenvalue weighted by Gasteiger charge is -1.82. The Labute approximate surface area is 109 Å². The van der Waals surface area contributed by atoms with E-state index in [1.54, 1.807) is 13.8 Å². The van der Waals surface area contributed by atoms with Crippen LogP contribution >= 0.6 is 23.1 Å². The molecular formula is C8H8N4O4S2. The van der Waals surface area contributed by atoms with Gasteiger partial charge >= 0.3 is 11.9 Å². The second kappa shape index (κ2) is 6.12. The molecule has 2 N–H and O–H groups in total. The summed E-state index contributed by atoms with van der Waals surface area (Å²) in [4.78, 5) is 21.3. The minimum atomic E-state index is -1.01. The molecule has 96 valence electrons. The Morgan fingerprint density at radius 1 is 1.00 bits per heavy atom. The highest BCUT2D eigenvalue weighted by Crippen LogP contribution is 2.07. The van der Waals surface area contributed by atoms with Gasteiger partial charge in [0, 0.05) is 0 Å². The van der Waals surface area contributed by atoms with Gasteiger partial charge in [0.25, 0.3) is 0 Å². The summed E-state index contributed by atoms with van der Waals surface area (Å²) < 4.78 is 6.91. The molecule has 18 heavy (non-hydrogen) atoms. The van der Waals surface area contributed by atoms with Crippen molar-refractivity contribution in [2.75, 3.05) is 0 Å². The maximum Gasteiger partial charge on any atom is 0.357 e. The number of aryl methyl sites for hydroxylation is 2. The highest BCUT2D eigenvalue weighted by atomic mass is 32.1. The summed E-state index contributed by atoms with van der Waals surface area (Å²) in [5.41, 5.74) is 0.535. The van der Waals surface area contributed by atoms with E-state index in [2.05, 4.69) is 19.2 Å². The van der Waals surface area contributed by atoms with Gasteiger partial charge < -0.3 is 10.2 Å². The molecule has 0 bridgehead atoms. The lowest BCUT2D eigenvalue weighted by atomic mass is 10.4. The van der Waals surface area contributed by atoms with E-state index in [4.69, 9.17) is 10.2 Å². The monoisotopic (exact) mass is 288 g/mol. The second-order valence-electron chi connectivity index (χ2n) is 2.98. The topological polar surface area (TPSA) is 126 Å². The molecule has 2 aromatic heterocycles. The minimum Gasteiger partial charge on any atom is -0.477 e. The molecule has 2 rings (SSSR count). The van der Waals surface area contributed by atoms with E-state index in [9.17, 15) is 9.59 Å². The SMILES string of the molecule is Cc1nnsc1C(=O)O.Cc1snnc1C(=O)O. The molecule has 0 aliphatic rings. The molecular weight excluding hydrogens is 280 g/mol. The average Bonchev–Trinajstić information content (AvgIpc) is 2.87. The minimum absolute atomic E-state index is 0.0556. The van der Waals surface area contributed by atoms with E-state index in [1.807, 2.05) is 0 Å². The molecule has 10 heteroatoms. The molecule has 0 radical (unpaired) electrons. The van der Waals surface area contributed by atoms with Gasteiger partial charge in [0.05, 0.1) is 10.6 Å². The summed E-state index contributed by atoms with van der Waals surface area (Å²) in [6.45, 7) is 3.29. The van der Waals surface area contributed by atoms with Crippen LogP contribution in [0.4, 0.5) is 0 Å². The molecule has 0 atom stereocenters. The predicted octanol–water partition coefficient (Wildman–Crippen LogP) is 1.09. The number of aromatic nitrogens is 4. The molecule has 0 unspecified atom stereocenters. The van der Waals surface area contributed by atoms with Gasteiger partial charge in [-0.15, -0.1) is 10.2 Å². The van der Waals surface area contributed by atoms with Gasteiger partial charge in [-0.1, -0.05) is 8.98 Å². The smallest absolute Gasteiger partial charge is 0.357 e. The molecule has 0 saturated heterocycles. The second-order valence-corrected chi connectivity index (χ2v) is 4.69. The van der Waals surface area contributed by atoms with E-state index in [-0.39, 0.29) is 10.6 Å².